The minimum atomic E-state index is -1.08. The molecule has 2 N–H and O–H groups in total. The monoisotopic (exact) mass is 611 g/mol. The molecule has 0 spiro atoms. The molecule has 8 heteroatoms. The van der Waals surface area contributed by atoms with Gasteiger partial charge >= 0.3 is 6.09 Å². The minimum absolute atomic E-state index is 0.232. The van der Waals surface area contributed by atoms with E-state index >= 15 is 4.39 Å². The molecule has 0 radical (unpaired) electrons. The zero-order valence-corrected chi connectivity index (χ0v) is 25.5. The van der Waals surface area contributed by atoms with E-state index in [1.807, 2.05) is 65.3 Å². The number of aryl methyl sites for hydroxylation is 1. The Kier molecular flexibility index (Phi) is 7.56. The molecule has 2 aromatic heterocycles. The van der Waals surface area contributed by atoms with Crippen LogP contribution in [0.25, 0.3) is 22.3 Å². The molecule has 1 aliphatic carbocycles. The van der Waals surface area contributed by atoms with Crippen LogP contribution in [-0.2, 0) is 17.4 Å². The molecule has 0 aliphatic heterocycles. The molecule has 0 unspecified atom stereocenters. The van der Waals surface area contributed by atoms with Crippen LogP contribution in [0.4, 0.5) is 9.18 Å². The number of rotatable bonds is 9. The second-order valence-corrected chi connectivity index (χ2v) is 12.0. The Morgan fingerprint density at radius 1 is 0.891 bits per heavy atom. The molecule has 230 valence electrons. The van der Waals surface area contributed by atoms with E-state index in [2.05, 4.69) is 48.6 Å². The molecule has 4 aromatic carbocycles. The van der Waals surface area contributed by atoms with Gasteiger partial charge in [-0.1, -0.05) is 104 Å². The van der Waals surface area contributed by atoms with Crippen molar-refractivity contribution in [3.63, 3.8) is 0 Å². The number of nitrogens with zero attached hydrogens (tertiary/aromatic N) is 4. The summed E-state index contributed by atoms with van der Waals surface area (Å²) in [4.78, 5) is 21.0. The normalized spacial score (nSPS) is 14.1. The zero-order chi connectivity index (χ0) is 31.7. The van der Waals surface area contributed by atoms with Crippen LogP contribution in [0.1, 0.15) is 54.1 Å². The van der Waals surface area contributed by atoms with Gasteiger partial charge in [-0.05, 0) is 59.7 Å². The van der Waals surface area contributed by atoms with Crippen LogP contribution < -0.4 is 5.32 Å². The van der Waals surface area contributed by atoms with E-state index in [-0.39, 0.29) is 6.54 Å². The Balaban J connectivity index is 1.50. The molecule has 46 heavy (non-hydrogen) atoms. The number of fused-ring (bicyclic) bond motifs is 1. The number of hydrogen-bond acceptors (Lipinski definition) is 4. The van der Waals surface area contributed by atoms with Crippen molar-refractivity contribution in [1.82, 2.24) is 25.1 Å². The van der Waals surface area contributed by atoms with Crippen LogP contribution in [0.15, 0.2) is 116 Å². The van der Waals surface area contributed by atoms with Crippen LogP contribution in [0.5, 0.6) is 0 Å². The summed E-state index contributed by atoms with van der Waals surface area (Å²) < 4.78 is 17.5. The zero-order valence-electron chi connectivity index (χ0n) is 25.5. The van der Waals surface area contributed by atoms with Gasteiger partial charge in [0.15, 0.2) is 5.65 Å². The fourth-order valence-corrected chi connectivity index (χ4v) is 7.07. The summed E-state index contributed by atoms with van der Waals surface area (Å²) in [5.74, 6) is -0.390. The quantitative estimate of drug-likeness (QED) is 0.163. The Bertz CT molecular complexity index is 1910. The first-order chi connectivity index (χ1) is 22.5. The van der Waals surface area contributed by atoms with E-state index in [0.717, 1.165) is 52.6 Å². The first-order valence-corrected chi connectivity index (χ1v) is 15.6. The molecular weight excluding hydrogens is 577 g/mol. The van der Waals surface area contributed by atoms with Gasteiger partial charge in [-0.25, -0.2) is 23.8 Å². The molecule has 1 saturated carbocycles. The van der Waals surface area contributed by atoms with Crippen LogP contribution in [0, 0.1) is 5.82 Å². The van der Waals surface area contributed by atoms with E-state index in [1.165, 1.54) is 18.5 Å². The third-order valence-corrected chi connectivity index (χ3v) is 9.44. The average Bonchev–Trinajstić information content (AvgIpc) is 3.45. The number of aromatic nitrogens is 4. The van der Waals surface area contributed by atoms with E-state index in [9.17, 15) is 9.90 Å². The van der Waals surface area contributed by atoms with Crippen molar-refractivity contribution in [2.75, 3.05) is 6.54 Å². The van der Waals surface area contributed by atoms with E-state index < -0.39 is 22.9 Å². The van der Waals surface area contributed by atoms with Gasteiger partial charge in [0.2, 0.25) is 0 Å². The summed E-state index contributed by atoms with van der Waals surface area (Å²) in [6.45, 7) is 2.28. The SMILES string of the molecule is CCc1nn(C(c2ccccc2)(c2ccccc2)c2ccccc2)c2ncnc(-c3cc(F)cc(C4(CNC(=O)O)CCC4)c3)c12. The highest BCUT2D eigenvalue weighted by Gasteiger charge is 2.42. The number of carboxylic acid groups (broad SMARTS) is 1. The van der Waals surface area contributed by atoms with Gasteiger partial charge in [-0.3, -0.25) is 0 Å². The van der Waals surface area contributed by atoms with Crippen molar-refractivity contribution in [3.8, 4) is 11.3 Å². The topological polar surface area (TPSA) is 92.9 Å². The van der Waals surface area contributed by atoms with Gasteiger partial charge in [0.1, 0.15) is 17.7 Å². The second kappa shape index (κ2) is 11.9. The molecule has 2 heterocycles. The third-order valence-electron chi connectivity index (χ3n) is 9.44. The summed E-state index contributed by atoms with van der Waals surface area (Å²) in [6.07, 6.45) is 3.56. The lowest BCUT2D eigenvalue weighted by atomic mass is 9.64. The fourth-order valence-electron chi connectivity index (χ4n) is 7.07. The number of nitrogens with one attached hydrogen (secondary N) is 1. The molecule has 1 fully saturated rings. The number of hydrogen-bond donors (Lipinski definition) is 2. The van der Waals surface area contributed by atoms with Crippen LogP contribution in [0.3, 0.4) is 0 Å². The molecule has 7 nitrogen and oxygen atoms in total. The lowest BCUT2D eigenvalue weighted by Gasteiger charge is -2.42. The van der Waals surface area contributed by atoms with Crippen molar-refractivity contribution >= 4 is 17.1 Å². The van der Waals surface area contributed by atoms with Gasteiger partial charge in [0.05, 0.1) is 16.8 Å². The maximum Gasteiger partial charge on any atom is 0.404 e. The minimum Gasteiger partial charge on any atom is -0.465 e. The maximum absolute atomic E-state index is 15.4. The summed E-state index contributed by atoms with van der Waals surface area (Å²) in [6, 6.07) is 35.9. The van der Waals surface area contributed by atoms with Gasteiger partial charge in [0.25, 0.3) is 0 Å². The van der Waals surface area contributed by atoms with E-state index in [1.54, 1.807) is 0 Å². The standard InChI is InChI=1S/C38H34FN5O2/c1-2-32-33-34(26-21-30(23-31(39)22-26)37(19-12-20-37)24-40-36(45)46)41-25-42-35(33)44(43-32)38(27-13-6-3-7-14-27,28-15-8-4-9-16-28)29-17-10-5-11-18-29/h3-11,13-18,21-23,25,40H,2,12,19-20,24H2,1H3,(H,45,46). The largest absolute Gasteiger partial charge is 0.465 e. The Morgan fingerprint density at radius 2 is 1.48 bits per heavy atom. The summed E-state index contributed by atoms with van der Waals surface area (Å²) >= 11 is 0. The van der Waals surface area contributed by atoms with Crippen LogP contribution >= 0.6 is 0 Å². The van der Waals surface area contributed by atoms with Crippen molar-refractivity contribution in [1.29, 1.82) is 0 Å². The first kappa shape index (κ1) is 29.3. The van der Waals surface area contributed by atoms with Crippen LogP contribution in [0.2, 0.25) is 0 Å². The molecule has 0 bridgehead atoms. The highest BCUT2D eigenvalue weighted by Crippen LogP contribution is 2.46. The number of carbonyl (C=O) groups is 1. The van der Waals surface area contributed by atoms with Gasteiger partial charge in [0, 0.05) is 17.5 Å². The molecule has 0 saturated heterocycles. The number of halogens is 1. The van der Waals surface area contributed by atoms with E-state index in [0.29, 0.717) is 23.3 Å². The van der Waals surface area contributed by atoms with Crippen molar-refractivity contribution < 1.29 is 14.3 Å². The first-order valence-electron chi connectivity index (χ1n) is 15.6. The predicted octanol–water partition coefficient (Wildman–Crippen LogP) is 7.72. The van der Waals surface area contributed by atoms with Gasteiger partial charge in [-0.15, -0.1) is 0 Å². The predicted molar refractivity (Wildman–Crippen MR) is 176 cm³/mol. The van der Waals surface area contributed by atoms with E-state index in [4.69, 9.17) is 15.1 Å². The highest BCUT2D eigenvalue weighted by molar-refractivity contribution is 5.93. The fraction of sp³-hybridized carbons (Fsp3) is 0.211. The van der Waals surface area contributed by atoms with Crippen molar-refractivity contribution in [2.24, 2.45) is 0 Å². The molecule has 1 amide bonds. The smallest absolute Gasteiger partial charge is 0.404 e. The Labute approximate surface area is 266 Å². The van der Waals surface area contributed by atoms with Crippen LogP contribution in [-0.4, -0.2) is 37.5 Å². The molecule has 7 rings (SSSR count). The Hall–Kier alpha value is -5.37. The summed E-state index contributed by atoms with van der Waals surface area (Å²) in [5.41, 5.74) is 5.13. The third kappa shape index (κ3) is 4.81. The van der Waals surface area contributed by atoms with Gasteiger partial charge < -0.3 is 10.4 Å². The lowest BCUT2D eigenvalue weighted by molar-refractivity contribution is 0.179. The molecule has 0 atom stereocenters. The highest BCUT2D eigenvalue weighted by atomic mass is 19.1. The van der Waals surface area contributed by atoms with Crippen molar-refractivity contribution in [2.45, 2.75) is 43.6 Å². The lowest BCUT2D eigenvalue weighted by Crippen LogP contribution is -2.45. The molecular formula is C38H34FN5O2. The molecule has 1 aliphatic rings. The van der Waals surface area contributed by atoms with Crippen molar-refractivity contribution in [3.05, 3.63) is 149 Å². The van der Waals surface area contributed by atoms with Gasteiger partial charge in [-0.2, -0.15) is 5.10 Å². The Morgan fingerprint density at radius 3 is 1.98 bits per heavy atom. The number of benzene rings is 4. The summed E-state index contributed by atoms with van der Waals surface area (Å²) in [5, 5.41) is 17.9. The second-order valence-electron chi connectivity index (χ2n) is 12.0. The number of amides is 1. The summed E-state index contributed by atoms with van der Waals surface area (Å²) in [7, 11) is 0. The maximum atomic E-state index is 15.4. The molecule has 6 aromatic rings. The average molecular weight is 612 g/mol.